The highest BCUT2D eigenvalue weighted by atomic mass is 32.1. The van der Waals surface area contributed by atoms with Crippen molar-refractivity contribution in [3.05, 3.63) is 45.4 Å². The van der Waals surface area contributed by atoms with E-state index < -0.39 is 0 Å². The number of carbonyl (C=O) groups is 1. The van der Waals surface area contributed by atoms with Gasteiger partial charge < -0.3 is 14.8 Å². The van der Waals surface area contributed by atoms with E-state index in [0.717, 1.165) is 27.0 Å². The highest BCUT2D eigenvalue weighted by Gasteiger charge is 2.12. The van der Waals surface area contributed by atoms with E-state index >= 15 is 0 Å². The lowest BCUT2D eigenvalue weighted by atomic mass is 10.2. The first kappa shape index (κ1) is 20.3. The third-order valence-corrected chi connectivity index (χ3v) is 6.19. The van der Waals surface area contributed by atoms with Crippen LogP contribution in [0, 0.1) is 0 Å². The van der Waals surface area contributed by atoms with Gasteiger partial charge in [-0.05, 0) is 18.2 Å². The molecule has 0 unspecified atom stereocenters. The number of nitrogens with one attached hydrogen (secondary N) is 1. The zero-order valence-corrected chi connectivity index (χ0v) is 17.9. The number of hydrogen-bond acceptors (Lipinski definition) is 7. The maximum atomic E-state index is 12.2. The Morgan fingerprint density at radius 3 is 2.50 bits per heavy atom. The zero-order valence-electron chi connectivity index (χ0n) is 16.3. The lowest BCUT2D eigenvalue weighted by Crippen LogP contribution is -2.24. The molecule has 1 N–H and O–H groups in total. The topological polar surface area (TPSA) is 73.3 Å². The Morgan fingerprint density at radius 1 is 1.07 bits per heavy atom. The second-order valence-electron chi connectivity index (χ2n) is 6.50. The first-order valence-electron chi connectivity index (χ1n) is 8.88. The summed E-state index contributed by atoms with van der Waals surface area (Å²) in [5.74, 6) is 1.66. The van der Waals surface area contributed by atoms with Crippen LogP contribution >= 0.6 is 22.7 Å². The van der Waals surface area contributed by atoms with Crippen LogP contribution in [-0.4, -0.2) is 30.1 Å². The summed E-state index contributed by atoms with van der Waals surface area (Å²) in [5, 5.41) is 8.74. The minimum atomic E-state index is -0.0664. The summed E-state index contributed by atoms with van der Waals surface area (Å²) in [5.41, 5.74) is 2.57. The van der Waals surface area contributed by atoms with Crippen LogP contribution < -0.4 is 14.8 Å². The van der Waals surface area contributed by atoms with Crippen molar-refractivity contribution in [2.45, 2.75) is 32.7 Å². The molecule has 0 spiro atoms. The van der Waals surface area contributed by atoms with Gasteiger partial charge in [0.15, 0.2) is 11.5 Å². The Bertz CT molecular complexity index is 950. The smallest absolute Gasteiger partial charge is 0.226 e. The molecule has 3 rings (SSSR count). The molecular formula is C20H23N3O3S2. The van der Waals surface area contributed by atoms with Crippen LogP contribution in [-0.2, 0) is 17.8 Å². The molecule has 0 aliphatic carbocycles. The van der Waals surface area contributed by atoms with E-state index in [-0.39, 0.29) is 12.3 Å². The first-order valence-corrected chi connectivity index (χ1v) is 10.6. The standard InChI is InChI=1S/C20H23N3O3S2/c1-12(2)19-23-15(11-27-19)9-21-18(24)8-14-10-28-20(22-14)13-5-6-16(25-3)17(7-13)26-4/h5-7,10-12H,8-9H2,1-4H3,(H,21,24). The number of nitrogens with zero attached hydrogens (tertiary/aromatic N) is 2. The number of thiazole rings is 2. The van der Waals surface area contributed by atoms with Crippen LogP contribution in [0.2, 0.25) is 0 Å². The van der Waals surface area contributed by atoms with Crippen LogP contribution in [0.1, 0.15) is 36.2 Å². The van der Waals surface area contributed by atoms with E-state index in [0.29, 0.717) is 24.0 Å². The molecule has 3 aromatic rings. The third kappa shape index (κ3) is 4.88. The SMILES string of the molecule is COc1ccc(-c2nc(CC(=O)NCc3csc(C(C)C)n3)cs2)cc1OC. The van der Waals surface area contributed by atoms with E-state index in [2.05, 4.69) is 29.1 Å². The lowest BCUT2D eigenvalue weighted by molar-refractivity contribution is -0.120. The molecule has 148 valence electrons. The third-order valence-electron chi connectivity index (χ3n) is 4.05. The van der Waals surface area contributed by atoms with Crippen LogP contribution in [0.3, 0.4) is 0 Å². The van der Waals surface area contributed by atoms with Gasteiger partial charge in [0, 0.05) is 22.2 Å². The van der Waals surface area contributed by atoms with E-state index in [4.69, 9.17) is 9.47 Å². The van der Waals surface area contributed by atoms with E-state index in [1.807, 2.05) is 29.0 Å². The van der Waals surface area contributed by atoms with Gasteiger partial charge in [0.25, 0.3) is 0 Å². The van der Waals surface area contributed by atoms with E-state index in [1.165, 1.54) is 11.3 Å². The maximum Gasteiger partial charge on any atom is 0.226 e. The van der Waals surface area contributed by atoms with Crippen molar-refractivity contribution >= 4 is 28.6 Å². The van der Waals surface area contributed by atoms with Gasteiger partial charge in [-0.3, -0.25) is 4.79 Å². The molecule has 6 nitrogen and oxygen atoms in total. The second kappa shape index (κ2) is 9.16. The highest BCUT2D eigenvalue weighted by molar-refractivity contribution is 7.13. The number of amides is 1. The Labute approximate surface area is 172 Å². The molecule has 0 fully saturated rings. The number of ether oxygens (including phenoxy) is 2. The molecule has 28 heavy (non-hydrogen) atoms. The fourth-order valence-corrected chi connectivity index (χ4v) is 4.23. The van der Waals surface area contributed by atoms with Crippen molar-refractivity contribution in [2.24, 2.45) is 0 Å². The van der Waals surface area contributed by atoms with Crippen molar-refractivity contribution in [3.63, 3.8) is 0 Å². The molecular weight excluding hydrogens is 394 g/mol. The minimum Gasteiger partial charge on any atom is -0.493 e. The van der Waals surface area contributed by atoms with Gasteiger partial charge in [-0.1, -0.05) is 13.8 Å². The van der Waals surface area contributed by atoms with Gasteiger partial charge in [-0.2, -0.15) is 0 Å². The summed E-state index contributed by atoms with van der Waals surface area (Å²) >= 11 is 3.13. The Kier molecular flexibility index (Phi) is 6.64. The zero-order chi connectivity index (χ0) is 20.1. The fourth-order valence-electron chi connectivity index (χ4n) is 2.58. The van der Waals surface area contributed by atoms with Gasteiger partial charge >= 0.3 is 0 Å². The normalized spacial score (nSPS) is 10.9. The van der Waals surface area contributed by atoms with Crippen LogP contribution in [0.15, 0.2) is 29.0 Å². The molecule has 0 bridgehead atoms. The van der Waals surface area contributed by atoms with Crippen LogP contribution in [0.5, 0.6) is 11.5 Å². The molecule has 0 atom stereocenters. The van der Waals surface area contributed by atoms with Crippen molar-refractivity contribution in [3.8, 4) is 22.1 Å². The van der Waals surface area contributed by atoms with E-state index in [1.54, 1.807) is 25.6 Å². The summed E-state index contributed by atoms with van der Waals surface area (Å²) in [7, 11) is 3.21. The maximum absolute atomic E-state index is 12.2. The number of methoxy groups -OCH3 is 2. The summed E-state index contributed by atoms with van der Waals surface area (Å²) in [6.45, 7) is 4.66. The van der Waals surface area contributed by atoms with Crippen LogP contribution in [0.25, 0.3) is 10.6 Å². The molecule has 0 aliphatic heterocycles. The van der Waals surface area contributed by atoms with Crippen molar-refractivity contribution < 1.29 is 14.3 Å². The average Bonchev–Trinajstić information content (AvgIpc) is 3.35. The molecule has 1 amide bonds. The Morgan fingerprint density at radius 2 is 1.82 bits per heavy atom. The van der Waals surface area contributed by atoms with Gasteiger partial charge in [0.05, 0.1) is 43.6 Å². The molecule has 0 radical (unpaired) electrons. The van der Waals surface area contributed by atoms with Gasteiger partial charge in [0.2, 0.25) is 5.91 Å². The number of hydrogen-bond donors (Lipinski definition) is 1. The summed E-state index contributed by atoms with van der Waals surface area (Å²) in [6.07, 6.45) is 0.241. The van der Waals surface area contributed by atoms with Crippen molar-refractivity contribution in [2.75, 3.05) is 14.2 Å². The molecule has 0 aliphatic rings. The van der Waals surface area contributed by atoms with Crippen LogP contribution in [0.4, 0.5) is 0 Å². The van der Waals surface area contributed by atoms with E-state index in [9.17, 15) is 4.79 Å². The van der Waals surface area contributed by atoms with Crippen molar-refractivity contribution in [1.82, 2.24) is 15.3 Å². The quantitative estimate of drug-likeness (QED) is 0.593. The molecule has 2 aromatic heterocycles. The monoisotopic (exact) mass is 417 g/mol. The summed E-state index contributed by atoms with van der Waals surface area (Å²) < 4.78 is 10.6. The molecule has 8 heteroatoms. The summed E-state index contributed by atoms with van der Waals surface area (Å²) in [4.78, 5) is 21.4. The predicted octanol–water partition coefficient (Wildman–Crippen LogP) is 4.27. The number of aromatic nitrogens is 2. The fraction of sp³-hybridized carbons (Fsp3) is 0.350. The minimum absolute atomic E-state index is 0.0664. The first-order chi connectivity index (χ1) is 13.5. The van der Waals surface area contributed by atoms with Gasteiger partial charge in [-0.25, -0.2) is 9.97 Å². The van der Waals surface area contributed by atoms with Crippen molar-refractivity contribution in [1.29, 1.82) is 0 Å². The van der Waals surface area contributed by atoms with Gasteiger partial charge in [0.1, 0.15) is 5.01 Å². The number of rotatable bonds is 8. The molecule has 0 saturated carbocycles. The average molecular weight is 418 g/mol. The predicted molar refractivity (Wildman–Crippen MR) is 112 cm³/mol. The Hall–Kier alpha value is -2.45. The highest BCUT2D eigenvalue weighted by Crippen LogP contribution is 2.33. The largest absolute Gasteiger partial charge is 0.493 e. The van der Waals surface area contributed by atoms with Gasteiger partial charge in [-0.15, -0.1) is 22.7 Å². The number of carbonyl (C=O) groups excluding carboxylic acids is 1. The molecule has 0 saturated heterocycles. The number of benzene rings is 1. The second-order valence-corrected chi connectivity index (χ2v) is 8.25. The summed E-state index contributed by atoms with van der Waals surface area (Å²) in [6, 6.07) is 5.66. The molecule has 1 aromatic carbocycles. The lowest BCUT2D eigenvalue weighted by Gasteiger charge is -2.08. The molecule has 2 heterocycles. The Balaban J connectivity index is 1.60.